The Morgan fingerprint density at radius 3 is 2.85 bits per heavy atom. The Balaban J connectivity index is 1.89. The molecule has 110 valence electrons. The number of aliphatic imine (C=N–C) groups is 1. The normalized spacial score (nSPS) is 17.6. The van der Waals surface area contributed by atoms with E-state index in [2.05, 4.69) is 15.3 Å². The maximum atomic E-state index is 5.97. The van der Waals surface area contributed by atoms with Gasteiger partial charge in [-0.25, -0.2) is 4.99 Å². The predicted molar refractivity (Wildman–Crippen MR) is 80.7 cm³/mol. The van der Waals surface area contributed by atoms with Crippen LogP contribution in [0.25, 0.3) is 0 Å². The van der Waals surface area contributed by atoms with Crippen molar-refractivity contribution in [3.63, 3.8) is 0 Å². The van der Waals surface area contributed by atoms with Crippen molar-refractivity contribution in [2.75, 3.05) is 7.11 Å². The number of nitrogens with zero attached hydrogens (tertiary/aromatic N) is 2. The highest BCUT2D eigenvalue weighted by Gasteiger charge is 2.12. The van der Waals surface area contributed by atoms with Crippen LogP contribution in [-0.4, -0.2) is 24.1 Å². The van der Waals surface area contributed by atoms with Crippen molar-refractivity contribution in [1.82, 2.24) is 10.3 Å². The Morgan fingerprint density at radius 1 is 1.40 bits per heavy atom. The lowest BCUT2D eigenvalue weighted by Crippen LogP contribution is -2.39. The van der Waals surface area contributed by atoms with Crippen molar-refractivity contribution in [3.8, 4) is 5.75 Å². The van der Waals surface area contributed by atoms with E-state index in [1.807, 2.05) is 12.1 Å². The zero-order chi connectivity index (χ0) is 14.2. The minimum atomic E-state index is 0.440. The van der Waals surface area contributed by atoms with Gasteiger partial charge in [-0.2, -0.15) is 0 Å². The second-order valence-corrected chi connectivity index (χ2v) is 5.19. The molecule has 0 bridgehead atoms. The first-order valence-electron chi connectivity index (χ1n) is 7.34. The lowest BCUT2D eigenvalue weighted by molar-refractivity contribution is 0.407. The minimum Gasteiger partial charge on any atom is -0.495 e. The van der Waals surface area contributed by atoms with Crippen LogP contribution in [0, 0.1) is 0 Å². The molecule has 1 heterocycles. The lowest BCUT2D eigenvalue weighted by Gasteiger charge is -2.16. The van der Waals surface area contributed by atoms with E-state index in [1.165, 1.54) is 38.5 Å². The Kier molecular flexibility index (Phi) is 5.65. The molecule has 1 saturated carbocycles. The third-order valence-corrected chi connectivity index (χ3v) is 3.67. The molecule has 1 aliphatic rings. The van der Waals surface area contributed by atoms with Crippen molar-refractivity contribution in [2.24, 2.45) is 10.7 Å². The van der Waals surface area contributed by atoms with E-state index in [9.17, 15) is 0 Å². The summed E-state index contributed by atoms with van der Waals surface area (Å²) in [5, 5.41) is 3.33. The summed E-state index contributed by atoms with van der Waals surface area (Å²) >= 11 is 0. The van der Waals surface area contributed by atoms with E-state index in [4.69, 9.17) is 10.5 Å². The van der Waals surface area contributed by atoms with Crippen molar-refractivity contribution in [3.05, 3.63) is 24.0 Å². The van der Waals surface area contributed by atoms with Gasteiger partial charge >= 0.3 is 0 Å². The number of pyridine rings is 1. The number of ether oxygens (including phenoxy) is 1. The maximum Gasteiger partial charge on any atom is 0.189 e. The molecular weight excluding hydrogens is 252 g/mol. The van der Waals surface area contributed by atoms with Crippen LogP contribution in [-0.2, 0) is 6.54 Å². The molecule has 0 unspecified atom stereocenters. The Hall–Kier alpha value is -1.78. The first kappa shape index (κ1) is 14.6. The fraction of sp³-hybridized carbons (Fsp3) is 0.600. The van der Waals surface area contributed by atoms with Crippen LogP contribution < -0.4 is 15.8 Å². The Bertz CT molecular complexity index is 439. The van der Waals surface area contributed by atoms with Crippen LogP contribution in [0.15, 0.2) is 23.3 Å². The number of hydrogen-bond acceptors (Lipinski definition) is 3. The number of nitrogens with two attached hydrogens (primary N) is 1. The third-order valence-electron chi connectivity index (χ3n) is 3.67. The van der Waals surface area contributed by atoms with Gasteiger partial charge in [-0.05, 0) is 25.0 Å². The molecule has 0 radical (unpaired) electrons. The summed E-state index contributed by atoms with van der Waals surface area (Å²) in [6, 6.07) is 4.19. The molecule has 3 N–H and O–H groups in total. The quantitative estimate of drug-likeness (QED) is 0.502. The van der Waals surface area contributed by atoms with Crippen LogP contribution in [0.4, 0.5) is 0 Å². The highest BCUT2D eigenvalue weighted by molar-refractivity contribution is 5.78. The van der Waals surface area contributed by atoms with E-state index < -0.39 is 0 Å². The van der Waals surface area contributed by atoms with Gasteiger partial charge in [-0.15, -0.1) is 0 Å². The lowest BCUT2D eigenvalue weighted by atomic mass is 10.1. The smallest absolute Gasteiger partial charge is 0.189 e. The van der Waals surface area contributed by atoms with Gasteiger partial charge in [0.05, 0.1) is 13.7 Å². The number of guanidine groups is 1. The summed E-state index contributed by atoms with van der Waals surface area (Å²) in [6.07, 6.45) is 9.33. The van der Waals surface area contributed by atoms with Crippen molar-refractivity contribution in [1.29, 1.82) is 0 Å². The average molecular weight is 276 g/mol. The summed E-state index contributed by atoms with van der Waals surface area (Å²) in [7, 11) is 1.64. The van der Waals surface area contributed by atoms with Crippen LogP contribution in [0.5, 0.6) is 5.75 Å². The molecule has 1 aromatic heterocycles. The Labute approximate surface area is 120 Å². The molecular formula is C15H24N4O. The van der Waals surface area contributed by atoms with E-state index in [0.717, 1.165) is 11.4 Å². The van der Waals surface area contributed by atoms with E-state index >= 15 is 0 Å². The second-order valence-electron chi connectivity index (χ2n) is 5.19. The van der Waals surface area contributed by atoms with Crippen LogP contribution in [0.1, 0.15) is 44.2 Å². The molecule has 0 saturated heterocycles. The largest absolute Gasteiger partial charge is 0.495 e. The molecule has 0 aliphatic heterocycles. The van der Waals surface area contributed by atoms with Gasteiger partial charge in [0.1, 0.15) is 11.4 Å². The molecule has 0 atom stereocenters. The molecule has 0 aromatic carbocycles. The fourth-order valence-electron chi connectivity index (χ4n) is 2.57. The van der Waals surface area contributed by atoms with Gasteiger partial charge in [0.25, 0.3) is 0 Å². The number of methoxy groups -OCH3 is 1. The number of rotatable bonds is 4. The summed E-state index contributed by atoms with van der Waals surface area (Å²) in [4.78, 5) is 8.64. The van der Waals surface area contributed by atoms with Crippen LogP contribution in [0.3, 0.4) is 0 Å². The summed E-state index contributed by atoms with van der Waals surface area (Å²) < 4.78 is 5.25. The van der Waals surface area contributed by atoms with Crippen molar-refractivity contribution in [2.45, 2.75) is 51.1 Å². The Morgan fingerprint density at radius 2 is 2.15 bits per heavy atom. The molecule has 1 fully saturated rings. The fourth-order valence-corrected chi connectivity index (χ4v) is 2.57. The van der Waals surface area contributed by atoms with Gasteiger partial charge < -0.3 is 15.8 Å². The summed E-state index contributed by atoms with van der Waals surface area (Å²) in [5.41, 5.74) is 6.77. The monoisotopic (exact) mass is 276 g/mol. The topological polar surface area (TPSA) is 72.5 Å². The maximum absolute atomic E-state index is 5.97. The average Bonchev–Trinajstić information content (AvgIpc) is 2.74. The minimum absolute atomic E-state index is 0.440. The molecule has 5 heteroatoms. The summed E-state index contributed by atoms with van der Waals surface area (Å²) in [6.45, 7) is 0.440. The van der Waals surface area contributed by atoms with Gasteiger partial charge in [0, 0.05) is 12.2 Å². The van der Waals surface area contributed by atoms with Gasteiger partial charge in [0.2, 0.25) is 0 Å². The SMILES string of the molecule is COc1cccnc1CN=C(N)NC1CCCCCC1. The third kappa shape index (κ3) is 4.40. The van der Waals surface area contributed by atoms with Gasteiger partial charge in [-0.3, -0.25) is 4.98 Å². The molecule has 2 rings (SSSR count). The first-order chi connectivity index (χ1) is 9.79. The highest BCUT2D eigenvalue weighted by Crippen LogP contribution is 2.17. The molecule has 0 spiro atoms. The molecule has 1 aromatic rings. The molecule has 20 heavy (non-hydrogen) atoms. The van der Waals surface area contributed by atoms with E-state index in [1.54, 1.807) is 13.3 Å². The standard InChI is InChI=1S/C15H24N4O/c1-20-14-9-6-10-17-13(14)11-18-15(16)19-12-7-4-2-3-5-8-12/h6,9-10,12H,2-5,7-8,11H2,1H3,(H3,16,18,19). The van der Waals surface area contributed by atoms with E-state index in [0.29, 0.717) is 18.5 Å². The van der Waals surface area contributed by atoms with E-state index in [-0.39, 0.29) is 0 Å². The van der Waals surface area contributed by atoms with Crippen molar-refractivity contribution < 1.29 is 4.74 Å². The zero-order valence-corrected chi connectivity index (χ0v) is 12.1. The number of aromatic nitrogens is 1. The van der Waals surface area contributed by atoms with Crippen LogP contribution in [0.2, 0.25) is 0 Å². The number of hydrogen-bond donors (Lipinski definition) is 2. The second kappa shape index (κ2) is 7.72. The number of nitrogens with one attached hydrogen (secondary N) is 1. The first-order valence-corrected chi connectivity index (χ1v) is 7.34. The highest BCUT2D eigenvalue weighted by atomic mass is 16.5. The van der Waals surface area contributed by atoms with Gasteiger partial charge in [-0.1, -0.05) is 25.7 Å². The zero-order valence-electron chi connectivity index (χ0n) is 12.1. The molecule has 1 aliphatic carbocycles. The van der Waals surface area contributed by atoms with Crippen molar-refractivity contribution >= 4 is 5.96 Å². The molecule has 5 nitrogen and oxygen atoms in total. The van der Waals surface area contributed by atoms with Crippen LogP contribution >= 0.6 is 0 Å². The van der Waals surface area contributed by atoms with Gasteiger partial charge in [0.15, 0.2) is 5.96 Å². The summed E-state index contributed by atoms with van der Waals surface area (Å²) in [5.74, 6) is 1.25. The predicted octanol–water partition coefficient (Wildman–Crippen LogP) is 2.22. The molecule has 0 amide bonds.